The minimum absolute atomic E-state index is 0. The van der Waals surface area contributed by atoms with Gasteiger partial charge in [0.2, 0.25) is 0 Å². The van der Waals surface area contributed by atoms with Crippen LogP contribution in [0.15, 0.2) is 0 Å². The Morgan fingerprint density at radius 2 is 0.700 bits per heavy atom. The standard InChI is InChI=1S/2In.2NO3/c;;2*2-1(3)4/q2*+3;2*-1. The Bertz CT molecular complexity index is 71.7. The Labute approximate surface area is 92.0 Å². The molecule has 0 unspecified atom stereocenters. The van der Waals surface area contributed by atoms with E-state index in [1.54, 1.807) is 0 Å². The first-order chi connectivity index (χ1) is 3.46. The predicted molar refractivity (Wildman–Crippen MR) is 32.2 cm³/mol. The van der Waals surface area contributed by atoms with Crippen molar-refractivity contribution >= 4 is 51.7 Å². The van der Waals surface area contributed by atoms with Crippen molar-refractivity contribution < 1.29 is 10.2 Å². The van der Waals surface area contributed by atoms with Gasteiger partial charge in [-0.05, 0) is 0 Å². The molecular weight excluding hydrogens is 354 g/mol. The fourth-order valence-corrected chi connectivity index (χ4v) is 0. The van der Waals surface area contributed by atoms with E-state index in [0.717, 1.165) is 0 Å². The van der Waals surface area contributed by atoms with Crippen LogP contribution in [0, 0.1) is 30.6 Å². The largest absolute Gasteiger partial charge is 3.00 e. The number of rotatable bonds is 0. The first-order valence-corrected chi connectivity index (χ1v) is 1.10. The average molecular weight is 354 g/mol. The zero-order valence-corrected chi connectivity index (χ0v) is 11.1. The minimum atomic E-state index is -1.75. The van der Waals surface area contributed by atoms with Crippen molar-refractivity contribution in [1.82, 2.24) is 0 Å². The molecule has 0 amide bonds. The molecule has 0 N–H and O–H groups in total. The van der Waals surface area contributed by atoms with E-state index >= 15 is 0 Å². The van der Waals surface area contributed by atoms with E-state index in [1.807, 2.05) is 0 Å². The molecule has 8 nitrogen and oxygen atoms in total. The molecule has 0 radical (unpaired) electrons. The third-order valence-corrected chi connectivity index (χ3v) is 0. The summed E-state index contributed by atoms with van der Waals surface area (Å²) < 4.78 is 0. The molecular formula is In2N2O6+4. The number of nitrogens with zero attached hydrogens (tertiary/aromatic N) is 2. The molecule has 0 aromatic carbocycles. The third-order valence-electron chi connectivity index (χ3n) is 0. The van der Waals surface area contributed by atoms with Crippen molar-refractivity contribution in [1.29, 1.82) is 0 Å². The maximum Gasteiger partial charge on any atom is 3.00 e. The van der Waals surface area contributed by atoms with E-state index in [2.05, 4.69) is 0 Å². The van der Waals surface area contributed by atoms with E-state index < -0.39 is 10.2 Å². The van der Waals surface area contributed by atoms with E-state index in [9.17, 15) is 0 Å². The molecule has 10 heavy (non-hydrogen) atoms. The van der Waals surface area contributed by atoms with Crippen LogP contribution in [0.1, 0.15) is 0 Å². The van der Waals surface area contributed by atoms with Gasteiger partial charge in [0.05, 0.1) is 10.2 Å². The second-order valence-electron chi connectivity index (χ2n) is 0.447. The van der Waals surface area contributed by atoms with E-state index in [1.165, 1.54) is 0 Å². The summed E-state index contributed by atoms with van der Waals surface area (Å²) in [6.07, 6.45) is 0. The number of hydrogen-bond donors (Lipinski definition) is 0. The maximum absolute atomic E-state index is 8.25. The van der Waals surface area contributed by atoms with Gasteiger partial charge in [0, 0.05) is 0 Å². The first-order valence-electron chi connectivity index (χ1n) is 1.10. The van der Waals surface area contributed by atoms with Crippen LogP contribution in [0.4, 0.5) is 0 Å². The van der Waals surface area contributed by atoms with Gasteiger partial charge >= 0.3 is 51.7 Å². The molecule has 0 fully saturated rings. The monoisotopic (exact) mass is 354 g/mol. The second-order valence-corrected chi connectivity index (χ2v) is 0.447. The molecule has 0 spiro atoms. The zero-order valence-electron chi connectivity index (χ0n) is 4.50. The maximum atomic E-state index is 8.25. The molecule has 48 valence electrons. The van der Waals surface area contributed by atoms with Gasteiger partial charge in [0.25, 0.3) is 0 Å². The quantitative estimate of drug-likeness (QED) is 0.395. The van der Waals surface area contributed by atoms with Crippen LogP contribution in [-0.4, -0.2) is 61.9 Å². The van der Waals surface area contributed by atoms with Gasteiger partial charge in [0.15, 0.2) is 0 Å². The Hall–Kier alpha value is 0.140. The molecule has 0 aliphatic rings. The van der Waals surface area contributed by atoms with Crippen molar-refractivity contribution in [2.45, 2.75) is 0 Å². The van der Waals surface area contributed by atoms with E-state index in [4.69, 9.17) is 30.6 Å². The predicted octanol–water partition coefficient (Wildman–Crippen LogP) is -1.24. The van der Waals surface area contributed by atoms with Crippen LogP contribution >= 0.6 is 0 Å². The molecule has 0 aliphatic heterocycles. The van der Waals surface area contributed by atoms with Gasteiger partial charge in [-0.25, -0.2) is 0 Å². The molecule has 0 aromatic rings. The Morgan fingerprint density at radius 3 is 0.700 bits per heavy atom. The summed E-state index contributed by atoms with van der Waals surface area (Å²) in [4.78, 5) is 16.5. The van der Waals surface area contributed by atoms with E-state index in [0.29, 0.717) is 0 Å². The van der Waals surface area contributed by atoms with Crippen molar-refractivity contribution in [3.63, 3.8) is 0 Å². The summed E-state index contributed by atoms with van der Waals surface area (Å²) in [6.45, 7) is 0. The van der Waals surface area contributed by atoms with Gasteiger partial charge in [-0.15, -0.1) is 0 Å². The van der Waals surface area contributed by atoms with Gasteiger partial charge in [0.1, 0.15) is 0 Å². The van der Waals surface area contributed by atoms with Crippen LogP contribution in [0.3, 0.4) is 0 Å². The van der Waals surface area contributed by atoms with Crippen LogP contribution in [0.2, 0.25) is 0 Å². The fraction of sp³-hybridized carbons (Fsp3) is 0. The van der Waals surface area contributed by atoms with Gasteiger partial charge in [-0.1, -0.05) is 0 Å². The van der Waals surface area contributed by atoms with Crippen LogP contribution in [0.25, 0.3) is 0 Å². The molecule has 0 heterocycles. The molecule has 0 aliphatic carbocycles. The van der Waals surface area contributed by atoms with Crippen LogP contribution < -0.4 is 0 Å². The normalized spacial score (nSPS) is 4.80. The van der Waals surface area contributed by atoms with Crippen molar-refractivity contribution in [2.24, 2.45) is 0 Å². The molecule has 0 bridgehead atoms. The molecule has 0 atom stereocenters. The molecule has 0 saturated carbocycles. The Balaban J connectivity index is -0.0000000300. The number of hydrogen-bond acceptors (Lipinski definition) is 6. The first kappa shape index (κ1) is 22.5. The Morgan fingerprint density at radius 1 is 0.700 bits per heavy atom. The minimum Gasteiger partial charge on any atom is -0.356 e. The average Bonchev–Trinajstić information content (AvgIpc) is 1.25. The zero-order chi connectivity index (χ0) is 7.15. The summed E-state index contributed by atoms with van der Waals surface area (Å²) in [5.74, 6) is 0. The summed E-state index contributed by atoms with van der Waals surface area (Å²) in [6, 6.07) is 0. The SMILES string of the molecule is O=[N+]([O-])[O-].O=[N+]([O-])[O-].[In+3].[In+3]. The summed E-state index contributed by atoms with van der Waals surface area (Å²) in [7, 11) is 0. The van der Waals surface area contributed by atoms with Crippen molar-refractivity contribution in [2.75, 3.05) is 0 Å². The van der Waals surface area contributed by atoms with Gasteiger partial charge in [-0.2, -0.15) is 0 Å². The second kappa shape index (κ2) is 16.1. The van der Waals surface area contributed by atoms with Crippen molar-refractivity contribution in [3.8, 4) is 0 Å². The van der Waals surface area contributed by atoms with Gasteiger partial charge in [-0.3, -0.25) is 0 Å². The van der Waals surface area contributed by atoms with E-state index in [-0.39, 0.29) is 51.7 Å². The fourth-order valence-electron chi connectivity index (χ4n) is 0. The smallest absolute Gasteiger partial charge is 0.356 e. The summed E-state index contributed by atoms with van der Waals surface area (Å²) in [5.41, 5.74) is 0. The molecule has 0 rings (SSSR count). The van der Waals surface area contributed by atoms with Crippen LogP contribution in [-0.2, 0) is 0 Å². The molecule has 10 heteroatoms. The summed E-state index contributed by atoms with van der Waals surface area (Å²) in [5, 5.41) is 29.5. The Kier molecular flexibility index (Phi) is 36.1. The topological polar surface area (TPSA) is 132 Å². The third kappa shape index (κ3) is 21100. The van der Waals surface area contributed by atoms with Gasteiger partial charge < -0.3 is 30.6 Å². The molecule has 0 saturated heterocycles. The van der Waals surface area contributed by atoms with Crippen LogP contribution in [0.5, 0.6) is 0 Å². The molecule has 0 aromatic heterocycles. The summed E-state index contributed by atoms with van der Waals surface area (Å²) >= 11 is 0. The van der Waals surface area contributed by atoms with Crippen molar-refractivity contribution in [3.05, 3.63) is 30.6 Å².